The molecule has 140 valence electrons. The second kappa shape index (κ2) is 7.09. The maximum Gasteiger partial charge on any atom is 0.241 e. The van der Waals surface area contributed by atoms with Crippen molar-refractivity contribution in [3.05, 3.63) is 71.0 Å². The van der Waals surface area contributed by atoms with Crippen LogP contribution < -0.4 is 5.73 Å². The van der Waals surface area contributed by atoms with Crippen molar-refractivity contribution in [3.63, 3.8) is 0 Å². The zero-order valence-corrected chi connectivity index (χ0v) is 16.0. The van der Waals surface area contributed by atoms with Gasteiger partial charge in [-0.15, -0.1) is 0 Å². The molecule has 6 heteroatoms. The van der Waals surface area contributed by atoms with Crippen molar-refractivity contribution in [1.29, 1.82) is 0 Å². The second-order valence-electron chi connectivity index (χ2n) is 6.98. The lowest BCUT2D eigenvalue weighted by Gasteiger charge is -2.45. The first-order valence-corrected chi connectivity index (χ1v) is 10.0. The molecule has 1 heterocycles. The Balaban J connectivity index is 1.89. The van der Waals surface area contributed by atoms with E-state index in [4.69, 9.17) is 5.73 Å². The van der Waals surface area contributed by atoms with Gasteiger partial charge in [0, 0.05) is 12.5 Å². The fourth-order valence-electron chi connectivity index (χ4n) is 4.22. The summed E-state index contributed by atoms with van der Waals surface area (Å²) in [5.74, 6) is -0.323. The highest BCUT2D eigenvalue weighted by Crippen LogP contribution is 2.57. The van der Waals surface area contributed by atoms with Gasteiger partial charge in [-0.3, -0.25) is 4.79 Å². The molecule has 2 N–H and O–H groups in total. The van der Waals surface area contributed by atoms with Crippen LogP contribution in [0.15, 0.2) is 53.6 Å². The Hall–Kier alpha value is -2.18. The van der Waals surface area contributed by atoms with E-state index in [9.17, 15) is 9.18 Å². The summed E-state index contributed by atoms with van der Waals surface area (Å²) < 4.78 is 14.4. The predicted molar refractivity (Wildman–Crippen MR) is 107 cm³/mol. The van der Waals surface area contributed by atoms with Crippen molar-refractivity contribution >= 4 is 22.7 Å². The molecule has 2 aliphatic rings. The second-order valence-corrected chi connectivity index (χ2v) is 8.20. The first kappa shape index (κ1) is 18.2. The van der Waals surface area contributed by atoms with Crippen molar-refractivity contribution in [2.24, 2.45) is 16.8 Å². The molecule has 2 aromatic carbocycles. The number of hydrazone groups is 1. The molecule has 0 saturated heterocycles. The third-order valence-electron chi connectivity index (χ3n) is 5.39. The largest absolute Gasteiger partial charge is 0.330 e. The van der Waals surface area contributed by atoms with Crippen LogP contribution >= 0.6 is 11.8 Å². The minimum absolute atomic E-state index is 0.146. The number of hydrogen-bond acceptors (Lipinski definition) is 4. The molecule has 2 aromatic rings. The Labute approximate surface area is 162 Å². The summed E-state index contributed by atoms with van der Waals surface area (Å²) in [5, 5.41) is 6.72. The number of fused-ring (bicyclic) bond motifs is 2. The Morgan fingerprint density at radius 1 is 1.30 bits per heavy atom. The Morgan fingerprint density at radius 2 is 2.04 bits per heavy atom. The average molecular weight is 383 g/mol. The molecular weight excluding hydrogens is 361 g/mol. The fraction of sp³-hybridized carbons (Fsp3) is 0.333. The topological polar surface area (TPSA) is 58.7 Å². The molecule has 0 bridgehead atoms. The van der Waals surface area contributed by atoms with Crippen molar-refractivity contribution in [3.8, 4) is 0 Å². The molecular formula is C21H22FN3OS. The number of thioether (sulfide) groups is 1. The smallest absolute Gasteiger partial charge is 0.241 e. The minimum Gasteiger partial charge on any atom is -0.330 e. The Bertz CT molecular complexity index is 916. The average Bonchev–Trinajstić information content (AvgIpc) is 3.06. The lowest BCUT2D eigenvalue weighted by Crippen LogP contribution is -2.49. The minimum atomic E-state index is -0.669. The number of benzene rings is 2. The van der Waals surface area contributed by atoms with Crippen molar-refractivity contribution in [2.75, 3.05) is 6.54 Å². The quantitative estimate of drug-likeness (QED) is 0.876. The standard InChI is InChI=1S/C21H22FN3OS/c1-14(26)25-21(27-20(24-25)17-7-3-5-9-19(17)22)16(12-13-23)11-10-15-6-2-4-8-18(15)21/h2-9,16H,10-13,23H2,1H3/t16-,21-/m0/s1. The summed E-state index contributed by atoms with van der Waals surface area (Å²) in [7, 11) is 0. The fourth-order valence-corrected chi connectivity index (χ4v) is 5.88. The molecule has 0 saturated carbocycles. The first-order valence-electron chi connectivity index (χ1n) is 9.19. The molecule has 4 rings (SSSR count). The summed E-state index contributed by atoms with van der Waals surface area (Å²) >= 11 is 1.49. The molecule has 1 aliphatic heterocycles. The predicted octanol–water partition coefficient (Wildman–Crippen LogP) is 3.85. The number of halogens is 1. The van der Waals surface area contributed by atoms with Gasteiger partial charge in [0.1, 0.15) is 15.7 Å². The highest BCUT2D eigenvalue weighted by atomic mass is 32.2. The maximum atomic E-state index is 14.4. The van der Waals surface area contributed by atoms with E-state index >= 15 is 0 Å². The van der Waals surface area contributed by atoms with Gasteiger partial charge in [-0.2, -0.15) is 5.10 Å². The van der Waals surface area contributed by atoms with Gasteiger partial charge in [-0.25, -0.2) is 9.40 Å². The van der Waals surface area contributed by atoms with Crippen LogP contribution in [0.4, 0.5) is 4.39 Å². The summed E-state index contributed by atoms with van der Waals surface area (Å²) in [6.45, 7) is 2.06. The van der Waals surface area contributed by atoms with Gasteiger partial charge in [-0.1, -0.05) is 48.2 Å². The number of carbonyl (C=O) groups is 1. The lowest BCUT2D eigenvalue weighted by atomic mass is 9.77. The van der Waals surface area contributed by atoms with E-state index in [0.29, 0.717) is 17.2 Å². The van der Waals surface area contributed by atoms with Crippen LogP contribution in [-0.4, -0.2) is 22.5 Å². The zero-order chi connectivity index (χ0) is 19.0. The summed E-state index contributed by atoms with van der Waals surface area (Å²) in [4.78, 5) is 12.0. The van der Waals surface area contributed by atoms with Gasteiger partial charge in [0.15, 0.2) is 0 Å². The van der Waals surface area contributed by atoms with Crippen LogP contribution in [0, 0.1) is 11.7 Å². The van der Waals surface area contributed by atoms with Crippen LogP contribution in [0.3, 0.4) is 0 Å². The van der Waals surface area contributed by atoms with E-state index < -0.39 is 4.87 Å². The highest BCUT2D eigenvalue weighted by Gasteiger charge is 2.55. The van der Waals surface area contributed by atoms with Gasteiger partial charge >= 0.3 is 0 Å². The number of aryl methyl sites for hydroxylation is 1. The molecule has 1 aliphatic carbocycles. The number of carbonyl (C=O) groups excluding carboxylic acids is 1. The van der Waals surface area contributed by atoms with E-state index in [-0.39, 0.29) is 17.6 Å². The van der Waals surface area contributed by atoms with E-state index in [1.54, 1.807) is 23.2 Å². The lowest BCUT2D eigenvalue weighted by molar-refractivity contribution is -0.134. The molecule has 2 atom stereocenters. The van der Waals surface area contributed by atoms with Crippen LogP contribution in [0.1, 0.15) is 36.5 Å². The summed E-state index contributed by atoms with van der Waals surface area (Å²) in [6, 6.07) is 14.8. The monoisotopic (exact) mass is 383 g/mol. The van der Waals surface area contributed by atoms with E-state index in [0.717, 1.165) is 24.8 Å². The molecule has 1 amide bonds. The normalized spacial score (nSPS) is 24.0. The van der Waals surface area contributed by atoms with Gasteiger partial charge in [0.25, 0.3) is 0 Å². The molecule has 27 heavy (non-hydrogen) atoms. The molecule has 4 nitrogen and oxygen atoms in total. The summed E-state index contributed by atoms with van der Waals surface area (Å²) in [6.07, 6.45) is 2.65. The van der Waals surface area contributed by atoms with Gasteiger partial charge in [0.05, 0.1) is 0 Å². The Morgan fingerprint density at radius 3 is 2.78 bits per heavy atom. The number of nitrogens with zero attached hydrogens (tertiary/aromatic N) is 2. The van der Waals surface area contributed by atoms with Crippen molar-refractivity contribution < 1.29 is 9.18 Å². The molecule has 0 radical (unpaired) electrons. The molecule has 0 unspecified atom stereocenters. The highest BCUT2D eigenvalue weighted by molar-refractivity contribution is 8.15. The number of rotatable bonds is 3. The van der Waals surface area contributed by atoms with Crippen LogP contribution in [0.25, 0.3) is 0 Å². The van der Waals surface area contributed by atoms with E-state index in [1.165, 1.54) is 30.3 Å². The van der Waals surface area contributed by atoms with E-state index in [1.807, 2.05) is 12.1 Å². The van der Waals surface area contributed by atoms with Crippen LogP contribution in [0.5, 0.6) is 0 Å². The van der Waals surface area contributed by atoms with Gasteiger partial charge in [-0.05, 0) is 55.0 Å². The van der Waals surface area contributed by atoms with Crippen LogP contribution in [0.2, 0.25) is 0 Å². The summed E-state index contributed by atoms with van der Waals surface area (Å²) in [5.41, 5.74) is 8.65. The zero-order valence-electron chi connectivity index (χ0n) is 15.2. The third kappa shape index (κ3) is 2.87. The Kier molecular flexibility index (Phi) is 4.78. The SMILES string of the molecule is CC(=O)N1N=C(c2ccccc2F)S[C@@]12c1ccccc1CC[C@H]2CCN. The molecule has 0 fully saturated rings. The maximum absolute atomic E-state index is 14.4. The number of nitrogens with two attached hydrogens (primary N) is 1. The third-order valence-corrected chi connectivity index (χ3v) is 6.93. The van der Waals surface area contributed by atoms with Crippen molar-refractivity contribution in [2.45, 2.75) is 31.1 Å². The van der Waals surface area contributed by atoms with E-state index in [2.05, 4.69) is 17.2 Å². The number of amides is 1. The first-order chi connectivity index (χ1) is 13.1. The number of hydrogen-bond donors (Lipinski definition) is 1. The van der Waals surface area contributed by atoms with Crippen molar-refractivity contribution in [1.82, 2.24) is 5.01 Å². The van der Waals surface area contributed by atoms with Gasteiger partial charge in [0.2, 0.25) is 5.91 Å². The van der Waals surface area contributed by atoms with Gasteiger partial charge < -0.3 is 5.73 Å². The molecule has 0 aromatic heterocycles. The molecule has 1 spiro atoms. The van der Waals surface area contributed by atoms with Crippen LogP contribution in [-0.2, 0) is 16.1 Å².